The van der Waals surface area contributed by atoms with Crippen molar-refractivity contribution in [1.82, 2.24) is 4.98 Å². The number of thiazole rings is 1. The van der Waals surface area contributed by atoms with E-state index >= 15 is 0 Å². The molecule has 0 aliphatic rings. The predicted octanol–water partition coefficient (Wildman–Crippen LogP) is 2.79. The Balaban J connectivity index is 2.36. The van der Waals surface area contributed by atoms with E-state index in [1.165, 1.54) is 0 Å². The Kier molecular flexibility index (Phi) is 4.61. The Hall–Kier alpha value is -1.33. The summed E-state index contributed by atoms with van der Waals surface area (Å²) < 4.78 is 1.12. The summed E-state index contributed by atoms with van der Waals surface area (Å²) in [6.07, 6.45) is 2.22. The molecule has 5 heteroatoms. The highest BCUT2D eigenvalue weighted by Gasteiger charge is 2.12. The van der Waals surface area contributed by atoms with Crippen LogP contribution < -0.4 is 10.6 Å². The van der Waals surface area contributed by atoms with Crippen LogP contribution in [0, 0.1) is 6.92 Å². The second-order valence-corrected chi connectivity index (χ2v) is 5.91. The summed E-state index contributed by atoms with van der Waals surface area (Å²) in [5, 5.41) is 10.3. The first-order valence-electron chi connectivity index (χ1n) is 6.68. The number of nitrogens with zero attached hydrogens (tertiary/aromatic N) is 2. The van der Waals surface area contributed by atoms with Gasteiger partial charge in [-0.1, -0.05) is 13.3 Å². The van der Waals surface area contributed by atoms with E-state index in [0.29, 0.717) is 6.54 Å². The lowest BCUT2D eigenvalue weighted by molar-refractivity contribution is 0.301. The number of nitrogen functional groups attached to an aromatic ring is 1. The summed E-state index contributed by atoms with van der Waals surface area (Å²) in [5.41, 5.74) is 8.90. The van der Waals surface area contributed by atoms with Crippen molar-refractivity contribution >= 4 is 32.9 Å². The van der Waals surface area contributed by atoms with Crippen LogP contribution in [0.15, 0.2) is 12.1 Å². The lowest BCUT2D eigenvalue weighted by Gasteiger charge is -2.25. The van der Waals surface area contributed by atoms with Crippen LogP contribution in [-0.4, -0.2) is 29.8 Å². The van der Waals surface area contributed by atoms with E-state index in [-0.39, 0.29) is 6.61 Å². The van der Waals surface area contributed by atoms with E-state index in [2.05, 4.69) is 16.8 Å². The molecule has 0 unspecified atom stereocenters. The smallest absolute Gasteiger partial charge is 0.0907 e. The molecule has 0 saturated heterocycles. The minimum absolute atomic E-state index is 0.136. The van der Waals surface area contributed by atoms with Crippen LogP contribution in [0.5, 0.6) is 0 Å². The Bertz CT molecular complexity index is 553. The number of hydrogen-bond donors (Lipinski definition) is 2. The summed E-state index contributed by atoms with van der Waals surface area (Å²) >= 11 is 1.66. The lowest BCUT2D eigenvalue weighted by atomic mass is 10.2. The number of rotatable bonds is 6. The molecule has 0 aliphatic heterocycles. The maximum atomic E-state index is 9.21. The molecule has 0 atom stereocenters. The average molecular weight is 279 g/mol. The van der Waals surface area contributed by atoms with Crippen LogP contribution in [0.25, 0.3) is 10.2 Å². The third-order valence-electron chi connectivity index (χ3n) is 3.14. The van der Waals surface area contributed by atoms with Crippen molar-refractivity contribution in [1.29, 1.82) is 0 Å². The molecule has 0 fully saturated rings. The second kappa shape index (κ2) is 6.21. The number of unbranched alkanes of at least 4 members (excludes halogenated alkanes) is 1. The van der Waals surface area contributed by atoms with Gasteiger partial charge in [0.05, 0.1) is 33.2 Å². The fourth-order valence-corrected chi connectivity index (χ4v) is 3.05. The van der Waals surface area contributed by atoms with Crippen molar-refractivity contribution in [2.24, 2.45) is 0 Å². The number of nitrogens with two attached hydrogens (primary N) is 1. The number of benzene rings is 1. The molecule has 104 valence electrons. The Morgan fingerprint density at radius 2 is 2.16 bits per heavy atom. The maximum absolute atomic E-state index is 9.21. The number of aliphatic hydroxyl groups is 1. The van der Waals surface area contributed by atoms with Gasteiger partial charge in [-0.25, -0.2) is 4.98 Å². The molecule has 0 radical (unpaired) electrons. The van der Waals surface area contributed by atoms with Crippen LogP contribution >= 0.6 is 11.3 Å². The highest BCUT2D eigenvalue weighted by atomic mass is 32.1. The van der Waals surface area contributed by atoms with Gasteiger partial charge in [-0.05, 0) is 25.5 Å². The van der Waals surface area contributed by atoms with Crippen molar-refractivity contribution in [3.05, 3.63) is 17.1 Å². The van der Waals surface area contributed by atoms with E-state index < -0.39 is 0 Å². The van der Waals surface area contributed by atoms with Crippen LogP contribution in [0.3, 0.4) is 0 Å². The predicted molar refractivity (Wildman–Crippen MR) is 83.0 cm³/mol. The van der Waals surface area contributed by atoms with Gasteiger partial charge in [0, 0.05) is 13.1 Å². The third-order valence-corrected chi connectivity index (χ3v) is 4.07. The molecule has 0 amide bonds. The molecule has 2 rings (SSSR count). The topological polar surface area (TPSA) is 62.4 Å². The van der Waals surface area contributed by atoms with Gasteiger partial charge >= 0.3 is 0 Å². The van der Waals surface area contributed by atoms with Crippen molar-refractivity contribution in [2.75, 3.05) is 30.3 Å². The van der Waals surface area contributed by atoms with Crippen molar-refractivity contribution in [2.45, 2.75) is 26.7 Å². The van der Waals surface area contributed by atoms with Crippen LogP contribution in [0.2, 0.25) is 0 Å². The lowest BCUT2D eigenvalue weighted by Crippen LogP contribution is -2.28. The van der Waals surface area contributed by atoms with E-state index in [1.54, 1.807) is 11.3 Å². The summed E-state index contributed by atoms with van der Waals surface area (Å²) in [6.45, 7) is 5.82. The molecule has 0 saturated carbocycles. The Morgan fingerprint density at radius 1 is 1.37 bits per heavy atom. The molecule has 1 aromatic carbocycles. The molecular weight excluding hydrogens is 258 g/mol. The van der Waals surface area contributed by atoms with E-state index in [9.17, 15) is 5.11 Å². The normalized spacial score (nSPS) is 11.1. The number of aliphatic hydroxyl groups excluding tert-OH is 1. The molecule has 4 nitrogen and oxygen atoms in total. The minimum Gasteiger partial charge on any atom is -0.397 e. The number of aryl methyl sites for hydroxylation is 1. The van der Waals surface area contributed by atoms with Gasteiger partial charge in [-0.2, -0.15) is 0 Å². The molecule has 2 aromatic rings. The Morgan fingerprint density at radius 3 is 2.84 bits per heavy atom. The fourth-order valence-electron chi connectivity index (χ4n) is 2.19. The average Bonchev–Trinajstić information content (AvgIpc) is 2.73. The molecule has 0 spiro atoms. The molecule has 19 heavy (non-hydrogen) atoms. The van der Waals surface area contributed by atoms with E-state index in [0.717, 1.165) is 46.0 Å². The summed E-state index contributed by atoms with van der Waals surface area (Å²) in [5.74, 6) is 0. The zero-order valence-electron chi connectivity index (χ0n) is 11.5. The maximum Gasteiger partial charge on any atom is 0.0907 e. The summed E-state index contributed by atoms with van der Waals surface area (Å²) in [6, 6.07) is 4.03. The van der Waals surface area contributed by atoms with Crippen molar-refractivity contribution < 1.29 is 5.11 Å². The van der Waals surface area contributed by atoms with Gasteiger partial charge < -0.3 is 15.7 Å². The largest absolute Gasteiger partial charge is 0.397 e. The molecular formula is C14H21N3OS. The summed E-state index contributed by atoms with van der Waals surface area (Å²) in [4.78, 5) is 6.66. The second-order valence-electron chi connectivity index (χ2n) is 4.68. The monoisotopic (exact) mass is 279 g/mol. The highest BCUT2D eigenvalue weighted by Crippen LogP contribution is 2.32. The van der Waals surface area contributed by atoms with Crippen molar-refractivity contribution in [3.63, 3.8) is 0 Å². The SMILES string of the molecule is CCCCN(CCO)c1cc2nc(C)sc2cc1N. The number of aromatic nitrogens is 1. The molecule has 0 aliphatic carbocycles. The van der Waals surface area contributed by atoms with E-state index in [4.69, 9.17) is 5.73 Å². The van der Waals surface area contributed by atoms with Gasteiger partial charge in [-0.15, -0.1) is 11.3 Å². The zero-order valence-corrected chi connectivity index (χ0v) is 12.3. The van der Waals surface area contributed by atoms with Gasteiger partial charge in [0.2, 0.25) is 0 Å². The van der Waals surface area contributed by atoms with Gasteiger partial charge in [0.1, 0.15) is 0 Å². The van der Waals surface area contributed by atoms with Crippen LogP contribution in [-0.2, 0) is 0 Å². The third kappa shape index (κ3) is 3.16. The standard InChI is InChI=1S/C14H21N3OS/c1-3-4-5-17(6-7-18)13-9-12-14(8-11(13)15)19-10(2)16-12/h8-9,18H,3-7,15H2,1-2H3. The first-order valence-corrected chi connectivity index (χ1v) is 7.49. The van der Waals surface area contributed by atoms with Crippen LogP contribution in [0.4, 0.5) is 11.4 Å². The molecule has 3 N–H and O–H groups in total. The number of anilines is 2. The first kappa shape index (κ1) is 14.1. The molecule has 1 heterocycles. The number of hydrogen-bond acceptors (Lipinski definition) is 5. The molecule has 1 aromatic heterocycles. The number of fused-ring (bicyclic) bond motifs is 1. The van der Waals surface area contributed by atoms with Gasteiger partial charge in [-0.3, -0.25) is 0 Å². The quantitative estimate of drug-likeness (QED) is 0.798. The van der Waals surface area contributed by atoms with Gasteiger partial charge in [0.15, 0.2) is 0 Å². The first-order chi connectivity index (χ1) is 9.15. The molecule has 0 bridgehead atoms. The van der Waals surface area contributed by atoms with Gasteiger partial charge in [0.25, 0.3) is 0 Å². The Labute approximate surface area is 117 Å². The fraction of sp³-hybridized carbons (Fsp3) is 0.500. The summed E-state index contributed by atoms with van der Waals surface area (Å²) in [7, 11) is 0. The highest BCUT2D eigenvalue weighted by molar-refractivity contribution is 7.18. The van der Waals surface area contributed by atoms with Crippen LogP contribution in [0.1, 0.15) is 24.8 Å². The zero-order chi connectivity index (χ0) is 13.8. The van der Waals surface area contributed by atoms with E-state index in [1.807, 2.05) is 19.1 Å². The minimum atomic E-state index is 0.136. The van der Waals surface area contributed by atoms with Crippen molar-refractivity contribution in [3.8, 4) is 0 Å².